The van der Waals surface area contributed by atoms with Crippen LogP contribution in [0, 0.1) is 0 Å². The van der Waals surface area contributed by atoms with Crippen LogP contribution in [0.15, 0.2) is 12.3 Å². The summed E-state index contributed by atoms with van der Waals surface area (Å²) in [4.78, 5) is 11.3. The van der Waals surface area contributed by atoms with Gasteiger partial charge in [-0.3, -0.25) is 0 Å². The van der Waals surface area contributed by atoms with Gasteiger partial charge in [-0.1, -0.05) is 11.6 Å². The van der Waals surface area contributed by atoms with Gasteiger partial charge in [-0.2, -0.15) is 0 Å². The van der Waals surface area contributed by atoms with E-state index in [9.17, 15) is 4.79 Å². The van der Waals surface area contributed by atoms with Gasteiger partial charge < -0.3 is 9.30 Å². The van der Waals surface area contributed by atoms with E-state index in [2.05, 4.69) is 4.74 Å². The van der Waals surface area contributed by atoms with E-state index in [0.717, 1.165) is 12.8 Å². The standard InChI is InChI=1S/C9H10ClNO2/c1-13-9(12)8-7(10)4-5-11(8)6-2-3-6/h4-6H,2-3H2,1H3. The Balaban J connectivity index is 2.39. The van der Waals surface area contributed by atoms with Gasteiger partial charge in [-0.15, -0.1) is 0 Å². The van der Waals surface area contributed by atoms with Gasteiger partial charge in [0.25, 0.3) is 0 Å². The van der Waals surface area contributed by atoms with Crippen molar-refractivity contribution in [3.63, 3.8) is 0 Å². The summed E-state index contributed by atoms with van der Waals surface area (Å²) in [7, 11) is 1.36. The summed E-state index contributed by atoms with van der Waals surface area (Å²) in [5, 5.41) is 0.471. The van der Waals surface area contributed by atoms with Crippen LogP contribution in [0.25, 0.3) is 0 Å². The van der Waals surface area contributed by atoms with Crippen molar-refractivity contribution in [3.05, 3.63) is 23.0 Å². The summed E-state index contributed by atoms with van der Waals surface area (Å²) in [5.74, 6) is -0.359. The smallest absolute Gasteiger partial charge is 0.356 e. The lowest BCUT2D eigenvalue weighted by molar-refractivity contribution is 0.0588. The van der Waals surface area contributed by atoms with Crippen molar-refractivity contribution in [2.24, 2.45) is 0 Å². The van der Waals surface area contributed by atoms with Crippen LogP contribution in [0.4, 0.5) is 0 Å². The number of nitrogens with zero attached hydrogens (tertiary/aromatic N) is 1. The zero-order chi connectivity index (χ0) is 9.42. The predicted octanol–water partition coefficient (Wildman–Crippen LogP) is 2.26. The second-order valence-electron chi connectivity index (χ2n) is 3.14. The first-order valence-corrected chi connectivity index (χ1v) is 4.56. The van der Waals surface area contributed by atoms with E-state index in [0.29, 0.717) is 16.8 Å². The molecule has 0 N–H and O–H groups in total. The third-order valence-corrected chi connectivity index (χ3v) is 2.49. The number of ether oxygens (including phenoxy) is 1. The largest absolute Gasteiger partial charge is 0.464 e. The van der Waals surface area contributed by atoms with E-state index in [1.54, 1.807) is 6.07 Å². The van der Waals surface area contributed by atoms with Gasteiger partial charge in [0.1, 0.15) is 5.69 Å². The maximum atomic E-state index is 11.3. The number of methoxy groups -OCH3 is 1. The minimum atomic E-state index is -0.359. The number of carbonyl (C=O) groups is 1. The maximum absolute atomic E-state index is 11.3. The molecule has 0 atom stereocenters. The Morgan fingerprint density at radius 3 is 2.92 bits per heavy atom. The molecule has 0 aromatic carbocycles. The molecule has 0 aliphatic heterocycles. The fourth-order valence-corrected chi connectivity index (χ4v) is 1.61. The number of rotatable bonds is 2. The van der Waals surface area contributed by atoms with Crippen LogP contribution in [0.3, 0.4) is 0 Å². The van der Waals surface area contributed by atoms with Gasteiger partial charge in [0.05, 0.1) is 12.1 Å². The van der Waals surface area contributed by atoms with Gasteiger partial charge in [-0.25, -0.2) is 4.79 Å². The molecule has 3 nitrogen and oxygen atoms in total. The minimum absolute atomic E-state index is 0.359. The third-order valence-electron chi connectivity index (χ3n) is 2.18. The van der Waals surface area contributed by atoms with E-state index in [1.165, 1.54) is 7.11 Å². The molecule has 1 heterocycles. The fourth-order valence-electron chi connectivity index (χ4n) is 1.38. The predicted molar refractivity (Wildman–Crippen MR) is 49.1 cm³/mol. The first kappa shape index (κ1) is 8.63. The van der Waals surface area contributed by atoms with Crippen molar-refractivity contribution in [2.75, 3.05) is 7.11 Å². The van der Waals surface area contributed by atoms with Gasteiger partial charge in [0.15, 0.2) is 0 Å². The molecule has 1 saturated carbocycles. The second kappa shape index (κ2) is 3.07. The highest BCUT2D eigenvalue weighted by Gasteiger charge is 2.28. The molecule has 13 heavy (non-hydrogen) atoms. The molecule has 4 heteroatoms. The topological polar surface area (TPSA) is 31.2 Å². The number of hydrogen-bond donors (Lipinski definition) is 0. The molecule has 70 valence electrons. The van der Waals surface area contributed by atoms with Gasteiger partial charge in [-0.05, 0) is 18.9 Å². The van der Waals surface area contributed by atoms with Crippen molar-refractivity contribution < 1.29 is 9.53 Å². The lowest BCUT2D eigenvalue weighted by Crippen LogP contribution is -2.09. The summed E-state index contributed by atoms with van der Waals surface area (Å²) in [6.07, 6.45) is 4.08. The molecule has 0 spiro atoms. The van der Waals surface area contributed by atoms with E-state index in [-0.39, 0.29) is 5.97 Å². The highest BCUT2D eigenvalue weighted by molar-refractivity contribution is 6.33. The lowest BCUT2D eigenvalue weighted by Gasteiger charge is -2.05. The van der Waals surface area contributed by atoms with Crippen molar-refractivity contribution in [1.29, 1.82) is 0 Å². The molecule has 0 saturated heterocycles. The lowest BCUT2D eigenvalue weighted by atomic mass is 10.4. The summed E-state index contributed by atoms with van der Waals surface area (Å²) >= 11 is 5.87. The monoisotopic (exact) mass is 199 g/mol. The van der Waals surface area contributed by atoms with E-state index in [1.807, 2.05) is 10.8 Å². The molecular formula is C9H10ClNO2. The number of halogens is 1. The van der Waals surface area contributed by atoms with Crippen molar-refractivity contribution in [2.45, 2.75) is 18.9 Å². The minimum Gasteiger partial charge on any atom is -0.464 e. The van der Waals surface area contributed by atoms with Crippen LogP contribution in [0.2, 0.25) is 5.02 Å². The zero-order valence-corrected chi connectivity index (χ0v) is 8.04. The highest BCUT2D eigenvalue weighted by atomic mass is 35.5. The average Bonchev–Trinajstić information content (AvgIpc) is 2.89. The molecule has 1 aromatic heterocycles. The first-order valence-electron chi connectivity index (χ1n) is 4.18. The molecule has 0 radical (unpaired) electrons. The summed E-state index contributed by atoms with van der Waals surface area (Å²) < 4.78 is 6.55. The first-order chi connectivity index (χ1) is 6.24. The molecule has 1 aromatic rings. The SMILES string of the molecule is COC(=O)c1c(Cl)ccn1C1CC1. The fraction of sp³-hybridized carbons (Fsp3) is 0.444. The van der Waals surface area contributed by atoms with Crippen LogP contribution >= 0.6 is 11.6 Å². The van der Waals surface area contributed by atoms with Crippen LogP contribution < -0.4 is 0 Å². The molecular weight excluding hydrogens is 190 g/mol. The number of esters is 1. The van der Waals surface area contributed by atoms with Gasteiger partial charge >= 0.3 is 5.97 Å². The Kier molecular flexibility index (Phi) is 2.04. The van der Waals surface area contributed by atoms with Crippen LogP contribution in [0.1, 0.15) is 29.4 Å². The molecule has 2 rings (SSSR count). The molecule has 0 amide bonds. The van der Waals surface area contributed by atoms with Gasteiger partial charge in [0, 0.05) is 12.2 Å². The normalized spacial score (nSPS) is 15.8. The molecule has 0 bridgehead atoms. The van der Waals surface area contributed by atoms with Crippen molar-refractivity contribution in [3.8, 4) is 0 Å². The van der Waals surface area contributed by atoms with Crippen molar-refractivity contribution >= 4 is 17.6 Å². The molecule has 1 fully saturated rings. The Labute approximate surface area is 81.2 Å². The van der Waals surface area contributed by atoms with Crippen molar-refractivity contribution in [1.82, 2.24) is 4.57 Å². The van der Waals surface area contributed by atoms with Crippen LogP contribution in [0.5, 0.6) is 0 Å². The van der Waals surface area contributed by atoms with E-state index < -0.39 is 0 Å². The Bertz CT molecular complexity index is 341. The van der Waals surface area contributed by atoms with E-state index >= 15 is 0 Å². The third kappa shape index (κ3) is 1.44. The number of aromatic nitrogens is 1. The Morgan fingerprint density at radius 1 is 1.69 bits per heavy atom. The maximum Gasteiger partial charge on any atom is 0.356 e. The summed E-state index contributed by atoms with van der Waals surface area (Å²) in [5.41, 5.74) is 0.478. The Morgan fingerprint density at radius 2 is 2.38 bits per heavy atom. The molecule has 1 aliphatic carbocycles. The quantitative estimate of drug-likeness (QED) is 0.685. The zero-order valence-electron chi connectivity index (χ0n) is 7.29. The molecule has 0 unspecified atom stereocenters. The van der Waals surface area contributed by atoms with Gasteiger partial charge in [0.2, 0.25) is 0 Å². The molecule has 1 aliphatic rings. The van der Waals surface area contributed by atoms with E-state index in [4.69, 9.17) is 11.6 Å². The number of hydrogen-bond acceptors (Lipinski definition) is 2. The van der Waals surface area contributed by atoms with Crippen LogP contribution in [-0.4, -0.2) is 17.6 Å². The summed E-state index contributed by atoms with van der Waals surface area (Å²) in [6.45, 7) is 0. The summed E-state index contributed by atoms with van der Waals surface area (Å²) in [6, 6.07) is 2.17. The Hall–Kier alpha value is -0.960. The average molecular weight is 200 g/mol. The number of carbonyl (C=O) groups excluding carboxylic acids is 1. The highest BCUT2D eigenvalue weighted by Crippen LogP contribution is 2.37. The van der Waals surface area contributed by atoms with Crippen LogP contribution in [-0.2, 0) is 4.74 Å². The second-order valence-corrected chi connectivity index (χ2v) is 3.55.